The van der Waals surface area contributed by atoms with Gasteiger partial charge in [-0.2, -0.15) is 0 Å². The zero-order valence-electron chi connectivity index (χ0n) is 27.6. The molecule has 39 heavy (non-hydrogen) atoms. The summed E-state index contributed by atoms with van der Waals surface area (Å²) in [6.07, 6.45) is -0.0492. The maximum atomic E-state index is 11.8. The van der Waals surface area contributed by atoms with Crippen LogP contribution < -0.4 is 0 Å². The van der Waals surface area contributed by atoms with Crippen LogP contribution in [0.25, 0.3) is 0 Å². The van der Waals surface area contributed by atoms with Crippen molar-refractivity contribution in [3.05, 3.63) is 10.2 Å². The van der Waals surface area contributed by atoms with Crippen LogP contribution in [0.4, 0.5) is 0 Å². The summed E-state index contributed by atoms with van der Waals surface area (Å²) in [5, 5.41) is 21.4. The average molecular weight is 717 g/mol. The minimum Gasteiger partial charge on any atom is -0.408 e. The van der Waals surface area contributed by atoms with Crippen LogP contribution in [0.3, 0.4) is 0 Å². The van der Waals surface area contributed by atoms with E-state index in [9.17, 15) is 10.2 Å². The molecule has 2 N–H and O–H groups in total. The predicted octanol–water partition coefficient (Wildman–Crippen LogP) is 8.01. The van der Waals surface area contributed by atoms with Gasteiger partial charge in [0, 0.05) is 6.61 Å². The van der Waals surface area contributed by atoms with E-state index >= 15 is 0 Å². The summed E-state index contributed by atoms with van der Waals surface area (Å²) in [4.78, 5) is 0. The summed E-state index contributed by atoms with van der Waals surface area (Å²) in [6.45, 7) is 33.6. The molecule has 1 fully saturated rings. The molecular weight excluding hydrogens is 655 g/mol. The number of hydrogen-bond acceptors (Lipinski definition) is 6. The van der Waals surface area contributed by atoms with E-state index in [1.165, 1.54) is 0 Å². The van der Waals surface area contributed by atoms with Gasteiger partial charge in [-0.15, -0.1) is 0 Å². The van der Waals surface area contributed by atoms with Gasteiger partial charge in [0.2, 0.25) is 0 Å². The summed E-state index contributed by atoms with van der Waals surface area (Å²) >= 11 is 2.25. The van der Waals surface area contributed by atoms with Crippen LogP contribution in [0.5, 0.6) is 0 Å². The SMILES string of the molecule is CC(C)(C)[Si](C)(C)OC1C(O)C(CCCO)O[C@@H](C(/C=C/I)O[Si](C)(C)C(C)(C)C)C1O[Si](C)(C)C(C)(C)C. The van der Waals surface area contributed by atoms with E-state index in [4.69, 9.17) is 18.0 Å². The van der Waals surface area contributed by atoms with Gasteiger partial charge in [-0.25, -0.2) is 0 Å². The molecule has 5 unspecified atom stereocenters. The molecule has 232 valence electrons. The van der Waals surface area contributed by atoms with Crippen molar-refractivity contribution in [2.45, 2.75) is 166 Å². The molecule has 0 aromatic rings. The molecule has 0 aliphatic carbocycles. The lowest BCUT2D eigenvalue weighted by Gasteiger charge is -2.54. The van der Waals surface area contributed by atoms with Crippen LogP contribution in [0, 0.1) is 0 Å². The first kappa shape index (κ1) is 37.9. The van der Waals surface area contributed by atoms with E-state index in [1.807, 2.05) is 4.08 Å². The van der Waals surface area contributed by atoms with Crippen LogP contribution >= 0.6 is 22.6 Å². The Balaban J connectivity index is 3.81. The van der Waals surface area contributed by atoms with Crippen LogP contribution in [0.1, 0.15) is 75.2 Å². The molecule has 0 saturated carbocycles. The number of aliphatic hydroxyl groups is 2. The van der Waals surface area contributed by atoms with Crippen molar-refractivity contribution in [2.24, 2.45) is 0 Å². The molecule has 0 aromatic heterocycles. The molecule has 0 amide bonds. The highest BCUT2D eigenvalue weighted by Gasteiger charge is 2.55. The predicted molar refractivity (Wildman–Crippen MR) is 180 cm³/mol. The molecular formula is C29H61IO6Si3. The molecule has 0 bridgehead atoms. The molecule has 0 aromatic carbocycles. The second-order valence-electron chi connectivity index (χ2n) is 15.8. The largest absolute Gasteiger partial charge is 0.408 e. The van der Waals surface area contributed by atoms with Gasteiger partial charge in [0.25, 0.3) is 0 Å². The Morgan fingerprint density at radius 3 is 1.62 bits per heavy atom. The zero-order valence-corrected chi connectivity index (χ0v) is 32.8. The average Bonchev–Trinajstić information content (AvgIpc) is 2.72. The van der Waals surface area contributed by atoms with Crippen LogP contribution in [-0.2, 0) is 18.0 Å². The third-order valence-electron chi connectivity index (χ3n) is 9.64. The summed E-state index contributed by atoms with van der Waals surface area (Å²) in [5.74, 6) is 0. The maximum absolute atomic E-state index is 11.8. The fraction of sp³-hybridized carbons (Fsp3) is 0.931. The Bertz CT molecular complexity index is 798. The monoisotopic (exact) mass is 716 g/mol. The molecule has 0 spiro atoms. The topological polar surface area (TPSA) is 77.4 Å². The second kappa shape index (κ2) is 13.7. The van der Waals surface area contributed by atoms with Crippen LogP contribution in [0.15, 0.2) is 10.2 Å². The summed E-state index contributed by atoms with van der Waals surface area (Å²) in [6, 6.07) is 0. The standard InChI is InChI=1S/C29H61IO6Si3/c1-27(2,3)37(10,11)34-22(18-19-30)24-26(36-39(14,15)29(7,8)9)25(35-38(12,13)28(4,5)6)23(32)21(33-24)17-16-20-31/h18-19,21-26,31-32H,16-17,20H2,1-15H3/b19-18+/t21?,22?,23?,24-,25?,26?/m0/s1. The first-order valence-corrected chi connectivity index (χ1v) is 24.5. The smallest absolute Gasteiger partial charge is 0.193 e. The Labute approximate surface area is 257 Å². The number of rotatable bonds is 11. The van der Waals surface area contributed by atoms with Gasteiger partial charge in [-0.1, -0.05) is 84.9 Å². The lowest BCUT2D eigenvalue weighted by atomic mass is 9.90. The molecule has 1 saturated heterocycles. The summed E-state index contributed by atoms with van der Waals surface area (Å²) in [7, 11) is -6.79. The molecule has 1 rings (SSSR count). The van der Waals surface area contributed by atoms with Crippen molar-refractivity contribution >= 4 is 47.5 Å². The maximum Gasteiger partial charge on any atom is 0.193 e. The molecule has 1 aliphatic heterocycles. The fourth-order valence-corrected chi connectivity index (χ4v) is 8.12. The normalized spacial score (nSPS) is 27.3. The van der Waals surface area contributed by atoms with E-state index in [1.54, 1.807) is 0 Å². The quantitative estimate of drug-likeness (QED) is 0.167. The number of ether oxygens (including phenoxy) is 1. The number of halogens is 1. The zero-order chi connectivity index (χ0) is 30.8. The molecule has 1 heterocycles. The van der Waals surface area contributed by atoms with Gasteiger partial charge in [0.1, 0.15) is 24.4 Å². The lowest BCUT2D eigenvalue weighted by Crippen LogP contribution is -2.67. The Morgan fingerprint density at radius 2 is 1.23 bits per heavy atom. The third-order valence-corrected chi connectivity index (χ3v) is 23.5. The van der Waals surface area contributed by atoms with Gasteiger partial charge >= 0.3 is 0 Å². The first-order valence-electron chi connectivity index (χ1n) is 14.6. The fourth-order valence-electron chi connectivity index (χ4n) is 3.86. The minimum atomic E-state index is -2.30. The van der Waals surface area contributed by atoms with Crippen LogP contribution in [0.2, 0.25) is 54.4 Å². The highest BCUT2D eigenvalue weighted by atomic mass is 127. The van der Waals surface area contributed by atoms with Gasteiger partial charge < -0.3 is 28.2 Å². The molecule has 6 nitrogen and oxygen atoms in total. The van der Waals surface area contributed by atoms with Crippen molar-refractivity contribution in [3.63, 3.8) is 0 Å². The van der Waals surface area contributed by atoms with Gasteiger partial charge in [0.05, 0.1) is 12.2 Å². The number of aliphatic hydroxyl groups excluding tert-OH is 2. The molecule has 6 atom stereocenters. The second-order valence-corrected chi connectivity index (χ2v) is 30.8. The van der Waals surface area contributed by atoms with Crippen molar-refractivity contribution in [2.75, 3.05) is 6.61 Å². The van der Waals surface area contributed by atoms with Crippen molar-refractivity contribution in [1.82, 2.24) is 0 Å². The summed E-state index contributed by atoms with van der Waals surface area (Å²) in [5.41, 5.74) is 0. The van der Waals surface area contributed by atoms with Gasteiger partial charge in [0.15, 0.2) is 25.0 Å². The Kier molecular flexibility index (Phi) is 13.3. The van der Waals surface area contributed by atoms with Crippen molar-refractivity contribution < 1.29 is 28.2 Å². The summed E-state index contributed by atoms with van der Waals surface area (Å²) < 4.78 is 30.1. The van der Waals surface area contributed by atoms with E-state index < -0.39 is 55.5 Å². The molecule has 1 aliphatic rings. The van der Waals surface area contributed by atoms with E-state index in [0.717, 1.165) is 0 Å². The highest BCUT2D eigenvalue weighted by molar-refractivity contribution is 14.1. The molecule has 0 radical (unpaired) electrons. The van der Waals surface area contributed by atoms with E-state index in [-0.39, 0.29) is 27.8 Å². The first-order chi connectivity index (χ1) is 17.3. The van der Waals surface area contributed by atoms with E-state index in [0.29, 0.717) is 12.8 Å². The van der Waals surface area contributed by atoms with Crippen molar-refractivity contribution in [3.8, 4) is 0 Å². The van der Waals surface area contributed by atoms with Crippen molar-refractivity contribution in [1.29, 1.82) is 0 Å². The number of hydrogen-bond donors (Lipinski definition) is 2. The Hall–Kier alpha value is 0.881. The van der Waals surface area contributed by atoms with Gasteiger partial charge in [-0.3, -0.25) is 0 Å². The van der Waals surface area contributed by atoms with Crippen LogP contribution in [-0.4, -0.2) is 78.4 Å². The van der Waals surface area contributed by atoms with E-state index in [2.05, 4.69) is 130 Å². The highest BCUT2D eigenvalue weighted by Crippen LogP contribution is 2.45. The third kappa shape index (κ3) is 9.69. The Morgan fingerprint density at radius 1 is 0.795 bits per heavy atom. The molecule has 10 heteroatoms. The minimum absolute atomic E-state index is 0.0155. The van der Waals surface area contributed by atoms with Gasteiger partial charge in [-0.05, 0) is 77.4 Å². The lowest BCUT2D eigenvalue weighted by molar-refractivity contribution is -0.230.